The molecule has 15 heteroatoms. The summed E-state index contributed by atoms with van der Waals surface area (Å²) in [7, 11) is 0. The molecule has 34 heavy (non-hydrogen) atoms. The van der Waals surface area contributed by atoms with E-state index in [1.165, 1.54) is 24.3 Å². The number of carbonyl (C=O) groups is 5. The summed E-state index contributed by atoms with van der Waals surface area (Å²) in [5.74, 6) is -3.77. The van der Waals surface area contributed by atoms with E-state index in [4.69, 9.17) is 16.6 Å². The van der Waals surface area contributed by atoms with Gasteiger partial charge in [0.15, 0.2) is 0 Å². The lowest BCUT2D eigenvalue weighted by molar-refractivity contribution is -0.143. The molecule has 0 saturated heterocycles. The lowest BCUT2D eigenvalue weighted by Crippen LogP contribution is -2.58. The average molecular weight is 502 g/mol. The van der Waals surface area contributed by atoms with Crippen molar-refractivity contribution in [3.8, 4) is 0 Å². The summed E-state index contributed by atoms with van der Waals surface area (Å²) in [5, 5.41) is 25.5. The Morgan fingerprint density at radius 3 is 2.21 bits per heavy atom. The molecular formula is C19H31N7O7S. The van der Waals surface area contributed by atoms with E-state index in [1.807, 2.05) is 6.26 Å². The maximum Gasteiger partial charge on any atom is 0.328 e. The molecule has 14 nitrogen and oxygen atoms in total. The first-order valence-corrected chi connectivity index (χ1v) is 11.7. The van der Waals surface area contributed by atoms with E-state index in [1.54, 1.807) is 0 Å². The summed E-state index contributed by atoms with van der Waals surface area (Å²) in [6.07, 6.45) is 4.67. The van der Waals surface area contributed by atoms with E-state index in [0.29, 0.717) is 11.4 Å². The largest absolute Gasteiger partial charge is 0.480 e. The van der Waals surface area contributed by atoms with E-state index in [0.717, 1.165) is 0 Å². The number of thioether (sulfide) groups is 1. The number of carbonyl (C=O) groups excluding carboxylic acids is 4. The predicted molar refractivity (Wildman–Crippen MR) is 122 cm³/mol. The zero-order chi connectivity index (χ0) is 25.7. The Labute approximate surface area is 200 Å². The van der Waals surface area contributed by atoms with Crippen molar-refractivity contribution in [1.29, 1.82) is 0 Å². The van der Waals surface area contributed by atoms with Gasteiger partial charge < -0.3 is 42.6 Å². The number of nitrogens with zero attached hydrogens (tertiary/aromatic N) is 1. The Hall–Kier alpha value is -3.17. The minimum absolute atomic E-state index is 0.000620. The molecule has 0 aliphatic carbocycles. The van der Waals surface area contributed by atoms with Crippen molar-refractivity contribution in [2.75, 3.05) is 18.6 Å². The van der Waals surface area contributed by atoms with Crippen LogP contribution in [0.2, 0.25) is 0 Å². The Morgan fingerprint density at radius 2 is 1.68 bits per heavy atom. The van der Waals surface area contributed by atoms with Crippen LogP contribution in [0.3, 0.4) is 0 Å². The van der Waals surface area contributed by atoms with Crippen LogP contribution in [0, 0.1) is 0 Å². The number of imidazole rings is 1. The van der Waals surface area contributed by atoms with Crippen LogP contribution in [0.15, 0.2) is 12.5 Å². The van der Waals surface area contributed by atoms with E-state index >= 15 is 0 Å². The molecule has 0 aliphatic rings. The molecule has 4 atom stereocenters. The van der Waals surface area contributed by atoms with E-state index in [9.17, 15) is 29.1 Å². The number of rotatable bonds is 16. The summed E-state index contributed by atoms with van der Waals surface area (Å²) in [5.41, 5.74) is 11.3. The van der Waals surface area contributed by atoms with Crippen LogP contribution in [0.5, 0.6) is 0 Å². The SMILES string of the molecule is CSCCC(NC(=O)C(N)CCC(N)=O)C(=O)NC(Cc1cnc[nH]1)C(=O)NC(CO)C(=O)O. The van der Waals surface area contributed by atoms with Crippen molar-refractivity contribution in [3.63, 3.8) is 0 Å². The Balaban J connectivity index is 2.97. The summed E-state index contributed by atoms with van der Waals surface area (Å²) in [4.78, 5) is 66.8. The fourth-order valence-corrected chi connectivity index (χ4v) is 3.24. The second-order valence-corrected chi connectivity index (χ2v) is 8.36. The van der Waals surface area contributed by atoms with Crippen molar-refractivity contribution in [2.45, 2.75) is 49.9 Å². The second kappa shape index (κ2) is 14.9. The number of aliphatic hydroxyl groups is 1. The Morgan fingerprint density at radius 1 is 1.06 bits per heavy atom. The van der Waals surface area contributed by atoms with Gasteiger partial charge in [-0.05, 0) is 24.9 Å². The lowest BCUT2D eigenvalue weighted by atomic mass is 10.1. The number of aliphatic carboxylic acids is 1. The molecule has 0 spiro atoms. The average Bonchev–Trinajstić information content (AvgIpc) is 3.30. The molecule has 10 N–H and O–H groups in total. The smallest absolute Gasteiger partial charge is 0.328 e. The van der Waals surface area contributed by atoms with Gasteiger partial charge in [-0.2, -0.15) is 11.8 Å². The zero-order valence-electron chi connectivity index (χ0n) is 18.7. The zero-order valence-corrected chi connectivity index (χ0v) is 19.5. The number of hydrogen-bond acceptors (Lipinski definition) is 9. The normalized spacial score (nSPS) is 14.3. The van der Waals surface area contributed by atoms with Crippen LogP contribution in [-0.2, 0) is 30.4 Å². The molecule has 0 radical (unpaired) electrons. The first-order chi connectivity index (χ1) is 16.1. The number of aromatic amines is 1. The number of amides is 4. The fourth-order valence-electron chi connectivity index (χ4n) is 2.77. The van der Waals surface area contributed by atoms with Gasteiger partial charge in [-0.1, -0.05) is 0 Å². The first-order valence-electron chi connectivity index (χ1n) is 10.3. The highest BCUT2D eigenvalue weighted by atomic mass is 32.2. The number of primary amides is 1. The van der Waals surface area contributed by atoms with E-state index < -0.39 is 60.4 Å². The van der Waals surface area contributed by atoms with Gasteiger partial charge in [0.1, 0.15) is 18.1 Å². The predicted octanol–water partition coefficient (Wildman–Crippen LogP) is -3.17. The van der Waals surface area contributed by atoms with Crippen molar-refractivity contribution in [3.05, 3.63) is 18.2 Å². The molecule has 1 aromatic heterocycles. The summed E-state index contributed by atoms with van der Waals surface area (Å²) in [6.45, 7) is -0.846. The van der Waals surface area contributed by atoms with Crippen LogP contribution in [0.25, 0.3) is 0 Å². The van der Waals surface area contributed by atoms with Gasteiger partial charge in [0.05, 0.1) is 19.0 Å². The highest BCUT2D eigenvalue weighted by Gasteiger charge is 2.30. The maximum atomic E-state index is 13.0. The standard InChI is InChI=1S/C19H31N7O7S/c1-34-5-4-12(24-16(29)11(20)2-3-15(21)28)17(30)25-13(6-10-7-22-9-23-10)18(31)26-14(8-27)19(32)33/h7,9,11-14,27H,2-6,8,20H2,1H3,(H2,21,28)(H,22,23)(H,24,29)(H,25,30)(H,26,31)(H,32,33). The van der Waals surface area contributed by atoms with Gasteiger partial charge in [0.25, 0.3) is 0 Å². The highest BCUT2D eigenvalue weighted by molar-refractivity contribution is 7.98. The Kier molecular flexibility index (Phi) is 12.6. The number of carboxylic acids is 1. The summed E-state index contributed by atoms with van der Waals surface area (Å²) >= 11 is 1.43. The molecule has 4 unspecified atom stereocenters. The van der Waals surface area contributed by atoms with Gasteiger partial charge in [-0.15, -0.1) is 0 Å². The Bertz CT molecular complexity index is 837. The number of H-pyrrole nitrogens is 1. The van der Waals surface area contributed by atoms with Gasteiger partial charge in [0.2, 0.25) is 23.6 Å². The topological polar surface area (TPSA) is 243 Å². The van der Waals surface area contributed by atoms with Crippen molar-refractivity contribution in [1.82, 2.24) is 25.9 Å². The van der Waals surface area contributed by atoms with Crippen LogP contribution >= 0.6 is 11.8 Å². The van der Waals surface area contributed by atoms with Gasteiger partial charge in [0, 0.05) is 24.7 Å². The molecule has 1 heterocycles. The number of aromatic nitrogens is 2. The minimum atomic E-state index is -1.57. The number of nitrogens with two attached hydrogens (primary N) is 2. The van der Waals surface area contributed by atoms with Gasteiger partial charge in [-0.3, -0.25) is 19.2 Å². The highest BCUT2D eigenvalue weighted by Crippen LogP contribution is 2.06. The maximum absolute atomic E-state index is 13.0. The molecular weight excluding hydrogens is 470 g/mol. The summed E-state index contributed by atoms with van der Waals surface area (Å²) < 4.78 is 0. The number of hydrogen-bond donors (Lipinski definition) is 8. The number of carboxylic acid groups (broad SMARTS) is 1. The number of nitrogens with one attached hydrogen (secondary N) is 4. The van der Waals surface area contributed by atoms with Gasteiger partial charge in [-0.25, -0.2) is 9.78 Å². The molecule has 0 aliphatic heterocycles. The molecule has 0 saturated carbocycles. The minimum Gasteiger partial charge on any atom is -0.480 e. The molecule has 0 aromatic carbocycles. The second-order valence-electron chi connectivity index (χ2n) is 7.38. The molecule has 0 fully saturated rings. The third-order valence-corrected chi connectivity index (χ3v) is 5.34. The van der Waals surface area contributed by atoms with Crippen LogP contribution in [-0.4, -0.2) is 92.6 Å². The first kappa shape index (κ1) is 28.9. The monoisotopic (exact) mass is 501 g/mol. The third kappa shape index (κ3) is 10.2. The molecule has 1 aromatic rings. The fraction of sp³-hybridized carbons (Fsp3) is 0.579. The van der Waals surface area contributed by atoms with E-state index in [2.05, 4.69) is 25.9 Å². The van der Waals surface area contributed by atoms with Gasteiger partial charge >= 0.3 is 5.97 Å². The molecule has 4 amide bonds. The third-order valence-electron chi connectivity index (χ3n) is 4.69. The lowest BCUT2D eigenvalue weighted by Gasteiger charge is -2.24. The van der Waals surface area contributed by atoms with Crippen molar-refractivity contribution in [2.24, 2.45) is 11.5 Å². The molecule has 1 rings (SSSR count). The van der Waals surface area contributed by atoms with Crippen LogP contribution in [0.1, 0.15) is 25.0 Å². The van der Waals surface area contributed by atoms with E-state index in [-0.39, 0.29) is 25.7 Å². The van der Waals surface area contributed by atoms with Crippen LogP contribution < -0.4 is 27.4 Å². The number of aliphatic hydroxyl groups excluding tert-OH is 1. The van der Waals surface area contributed by atoms with Crippen molar-refractivity contribution >= 4 is 41.4 Å². The quantitative estimate of drug-likeness (QED) is 0.113. The van der Waals surface area contributed by atoms with Crippen LogP contribution in [0.4, 0.5) is 0 Å². The molecule has 0 bridgehead atoms. The molecule has 190 valence electrons. The van der Waals surface area contributed by atoms with Crippen molar-refractivity contribution < 1.29 is 34.2 Å². The summed E-state index contributed by atoms with van der Waals surface area (Å²) in [6, 6.07) is -4.92.